The minimum absolute atomic E-state index is 0.214. The molecule has 9 heavy (non-hydrogen) atoms. The molecule has 0 heterocycles. The molecule has 0 aliphatic carbocycles. The van der Waals surface area contributed by atoms with Crippen LogP contribution in [-0.2, 0) is 4.79 Å². The summed E-state index contributed by atoms with van der Waals surface area (Å²) in [6.45, 7) is 5.27. The SMILES string of the molecule is C=C(CCC(C)=O)NC. The molecule has 0 fully saturated rings. The fraction of sp³-hybridized carbons (Fsp3) is 0.571. The Bertz CT molecular complexity index is 118. The van der Waals surface area contributed by atoms with Crippen molar-refractivity contribution in [2.75, 3.05) is 7.05 Å². The highest BCUT2D eigenvalue weighted by atomic mass is 16.1. The third-order valence-electron chi connectivity index (χ3n) is 1.13. The molecule has 0 atom stereocenters. The summed E-state index contributed by atoms with van der Waals surface area (Å²) in [4.78, 5) is 10.4. The van der Waals surface area contributed by atoms with E-state index in [0.29, 0.717) is 6.42 Å². The number of rotatable bonds is 4. The van der Waals surface area contributed by atoms with E-state index < -0.39 is 0 Å². The van der Waals surface area contributed by atoms with Gasteiger partial charge in [-0.15, -0.1) is 0 Å². The Morgan fingerprint density at radius 3 is 2.44 bits per heavy atom. The predicted molar refractivity (Wildman–Crippen MR) is 38.1 cm³/mol. The Hall–Kier alpha value is -0.790. The molecule has 0 aromatic heterocycles. The molecule has 0 bridgehead atoms. The molecule has 2 heteroatoms. The quantitative estimate of drug-likeness (QED) is 0.612. The number of carbonyl (C=O) groups is 1. The lowest BCUT2D eigenvalue weighted by Crippen LogP contribution is -2.05. The Balaban J connectivity index is 3.28. The van der Waals surface area contributed by atoms with E-state index in [1.165, 1.54) is 0 Å². The van der Waals surface area contributed by atoms with Gasteiger partial charge in [0, 0.05) is 19.2 Å². The summed E-state index contributed by atoms with van der Waals surface area (Å²) in [7, 11) is 1.81. The van der Waals surface area contributed by atoms with Crippen molar-refractivity contribution >= 4 is 5.78 Å². The van der Waals surface area contributed by atoms with E-state index in [2.05, 4.69) is 11.9 Å². The fourth-order valence-corrected chi connectivity index (χ4v) is 0.452. The van der Waals surface area contributed by atoms with Crippen LogP contribution in [0.3, 0.4) is 0 Å². The molecule has 1 N–H and O–H groups in total. The van der Waals surface area contributed by atoms with Crippen molar-refractivity contribution < 1.29 is 4.79 Å². The maximum Gasteiger partial charge on any atom is 0.130 e. The topological polar surface area (TPSA) is 29.1 Å². The van der Waals surface area contributed by atoms with E-state index in [0.717, 1.165) is 12.1 Å². The zero-order valence-corrected chi connectivity index (χ0v) is 6.03. The maximum atomic E-state index is 10.4. The van der Waals surface area contributed by atoms with Gasteiger partial charge < -0.3 is 10.1 Å². The molecule has 0 spiro atoms. The van der Waals surface area contributed by atoms with Crippen LogP contribution < -0.4 is 5.32 Å². The fourth-order valence-electron chi connectivity index (χ4n) is 0.452. The van der Waals surface area contributed by atoms with Crippen molar-refractivity contribution in [3.8, 4) is 0 Å². The van der Waals surface area contributed by atoms with Crippen LogP contribution in [-0.4, -0.2) is 12.8 Å². The zero-order valence-electron chi connectivity index (χ0n) is 6.03. The van der Waals surface area contributed by atoms with E-state index >= 15 is 0 Å². The average molecular weight is 127 g/mol. The molecule has 0 aromatic carbocycles. The van der Waals surface area contributed by atoms with Crippen molar-refractivity contribution in [1.82, 2.24) is 5.32 Å². The molecule has 0 saturated heterocycles. The lowest BCUT2D eigenvalue weighted by atomic mass is 10.2. The third-order valence-corrected chi connectivity index (χ3v) is 1.13. The number of allylic oxidation sites excluding steroid dienone is 1. The highest BCUT2D eigenvalue weighted by Gasteiger charge is 1.93. The van der Waals surface area contributed by atoms with Crippen molar-refractivity contribution in [1.29, 1.82) is 0 Å². The first-order valence-corrected chi connectivity index (χ1v) is 3.01. The Morgan fingerprint density at radius 2 is 2.11 bits per heavy atom. The first-order valence-electron chi connectivity index (χ1n) is 3.01. The van der Waals surface area contributed by atoms with Gasteiger partial charge in [-0.1, -0.05) is 6.58 Å². The van der Waals surface area contributed by atoms with Gasteiger partial charge >= 0.3 is 0 Å². The average Bonchev–Trinajstić information content (AvgIpc) is 1.83. The summed E-state index contributed by atoms with van der Waals surface area (Å²) < 4.78 is 0. The second-order valence-electron chi connectivity index (χ2n) is 2.06. The van der Waals surface area contributed by atoms with Crippen LogP contribution in [0.5, 0.6) is 0 Å². The third kappa shape index (κ3) is 5.07. The van der Waals surface area contributed by atoms with Crippen LogP contribution in [0, 0.1) is 0 Å². The zero-order chi connectivity index (χ0) is 7.28. The monoisotopic (exact) mass is 127 g/mol. The van der Waals surface area contributed by atoms with Gasteiger partial charge in [-0.05, 0) is 13.3 Å². The first-order chi connectivity index (χ1) is 4.16. The van der Waals surface area contributed by atoms with E-state index in [-0.39, 0.29) is 5.78 Å². The molecule has 0 unspecified atom stereocenters. The van der Waals surface area contributed by atoms with Gasteiger partial charge in [0.05, 0.1) is 0 Å². The molecule has 52 valence electrons. The Morgan fingerprint density at radius 1 is 1.56 bits per heavy atom. The van der Waals surface area contributed by atoms with E-state index in [4.69, 9.17) is 0 Å². The molecular formula is C7H13NO. The summed E-state index contributed by atoms with van der Waals surface area (Å²) in [6.07, 6.45) is 1.35. The van der Waals surface area contributed by atoms with Crippen molar-refractivity contribution in [2.45, 2.75) is 19.8 Å². The van der Waals surface area contributed by atoms with Crippen LogP contribution in [0.15, 0.2) is 12.3 Å². The number of nitrogens with one attached hydrogen (secondary N) is 1. The van der Waals surface area contributed by atoms with Crippen LogP contribution in [0.4, 0.5) is 0 Å². The first kappa shape index (κ1) is 8.21. The van der Waals surface area contributed by atoms with E-state index in [9.17, 15) is 4.79 Å². The highest BCUT2D eigenvalue weighted by molar-refractivity contribution is 5.75. The molecular weight excluding hydrogens is 114 g/mol. The summed E-state index contributed by atoms with van der Waals surface area (Å²) in [5.74, 6) is 0.214. The molecule has 0 radical (unpaired) electrons. The standard InChI is InChI=1S/C7H13NO/c1-6(8-3)4-5-7(2)9/h8H,1,4-5H2,2-3H3. The van der Waals surface area contributed by atoms with Crippen LogP contribution in [0.1, 0.15) is 19.8 Å². The molecule has 0 aliphatic heterocycles. The van der Waals surface area contributed by atoms with Crippen LogP contribution in [0.2, 0.25) is 0 Å². The van der Waals surface area contributed by atoms with Crippen molar-refractivity contribution in [3.63, 3.8) is 0 Å². The predicted octanol–water partition coefficient (Wildman–Crippen LogP) is 1.09. The van der Waals surface area contributed by atoms with E-state index in [1.807, 2.05) is 7.05 Å². The lowest BCUT2D eigenvalue weighted by molar-refractivity contribution is -0.116. The molecule has 0 aromatic rings. The molecule has 0 saturated carbocycles. The maximum absolute atomic E-state index is 10.4. The second kappa shape index (κ2) is 4.13. The summed E-state index contributed by atoms with van der Waals surface area (Å²) in [5, 5.41) is 2.87. The van der Waals surface area contributed by atoms with Crippen LogP contribution in [0.25, 0.3) is 0 Å². The van der Waals surface area contributed by atoms with Gasteiger partial charge in [-0.2, -0.15) is 0 Å². The van der Waals surface area contributed by atoms with Gasteiger partial charge in [-0.25, -0.2) is 0 Å². The molecule has 2 nitrogen and oxygen atoms in total. The minimum Gasteiger partial charge on any atom is -0.392 e. The van der Waals surface area contributed by atoms with Crippen molar-refractivity contribution in [3.05, 3.63) is 12.3 Å². The minimum atomic E-state index is 0.214. The molecule has 0 aliphatic rings. The van der Waals surface area contributed by atoms with Gasteiger partial charge in [0.2, 0.25) is 0 Å². The van der Waals surface area contributed by atoms with Crippen LogP contribution >= 0.6 is 0 Å². The number of ketones is 1. The summed E-state index contributed by atoms with van der Waals surface area (Å²) in [5.41, 5.74) is 0.921. The van der Waals surface area contributed by atoms with Gasteiger partial charge in [0.1, 0.15) is 5.78 Å². The smallest absolute Gasteiger partial charge is 0.130 e. The number of Topliss-reactive ketones (excluding diaryl/α,β-unsaturated/α-hetero) is 1. The highest BCUT2D eigenvalue weighted by Crippen LogP contribution is 1.96. The normalized spacial score (nSPS) is 8.67. The largest absolute Gasteiger partial charge is 0.392 e. The number of hydrogen-bond donors (Lipinski definition) is 1. The second-order valence-corrected chi connectivity index (χ2v) is 2.06. The molecule has 0 amide bonds. The molecule has 0 rings (SSSR count). The van der Waals surface area contributed by atoms with E-state index in [1.54, 1.807) is 6.92 Å². The number of carbonyl (C=O) groups excluding carboxylic acids is 1. The van der Waals surface area contributed by atoms with Gasteiger partial charge in [0.25, 0.3) is 0 Å². The summed E-state index contributed by atoms with van der Waals surface area (Å²) >= 11 is 0. The Labute approximate surface area is 56.0 Å². The van der Waals surface area contributed by atoms with Crippen molar-refractivity contribution in [2.24, 2.45) is 0 Å². The number of hydrogen-bond acceptors (Lipinski definition) is 2. The lowest BCUT2D eigenvalue weighted by Gasteiger charge is -2.00. The van der Waals surface area contributed by atoms with Gasteiger partial charge in [0.15, 0.2) is 0 Å². The van der Waals surface area contributed by atoms with Gasteiger partial charge in [-0.3, -0.25) is 0 Å². The Kier molecular flexibility index (Phi) is 3.76. The summed E-state index contributed by atoms with van der Waals surface area (Å²) in [6, 6.07) is 0.